The van der Waals surface area contributed by atoms with Crippen LogP contribution in [-0.4, -0.2) is 144 Å². The molecular weight excluding hydrogens is 1030 g/mol. The number of hydrogen-bond acceptors (Lipinski definition) is 15. The molecule has 9 atom stereocenters. The summed E-state index contributed by atoms with van der Waals surface area (Å²) >= 11 is 1.57. The van der Waals surface area contributed by atoms with Gasteiger partial charge in [0.15, 0.2) is 5.82 Å². The standard InChI is InChI=1S/C61H68FN11O6S/c1-7-36-10-8-11-39-24-44(74)25-46(51(36)39)53-52(62)54-47(28-64-53)57(71-29-41-17-18-42(30-71)67-41)69-60(68-54)79-32-49-40(27-63)21-23-70(49)22-9-12-43-19-20-50(76)73(43)56(61(4,5)6)59(78)72-31-45(75)26-48(72)58(77)66-34(2)37-13-15-38(16-14-37)55-35(3)65-33-80-55/h1,8,10-11,13-16,24-25,28,33-34,40-43,45,48-49,56,67,74-75H,9,12,17-23,26,29-32H2,2-6H3,(H,66,77)/t34-,40+,41?,42?,43-,45+,48-,49+,56+/m0/s1. The number of phenols is 1. The predicted molar refractivity (Wildman–Crippen MR) is 304 cm³/mol. The minimum atomic E-state index is -0.923. The number of thiazole rings is 1. The molecule has 0 spiro atoms. The number of piperazine rings is 1. The maximum atomic E-state index is 17.3. The number of phenolic OH excluding ortho intramolecular Hbond substituents is 1. The number of aromatic nitrogens is 4. The van der Waals surface area contributed by atoms with E-state index in [2.05, 4.69) is 42.4 Å². The number of rotatable bonds is 15. The minimum absolute atomic E-state index is 0.00734. The van der Waals surface area contributed by atoms with Crippen molar-refractivity contribution < 1.29 is 33.7 Å². The summed E-state index contributed by atoms with van der Waals surface area (Å²) in [6.45, 7) is 12.2. The number of aliphatic hydroxyl groups excluding tert-OH is 1. The molecule has 5 aliphatic rings. The van der Waals surface area contributed by atoms with Crippen LogP contribution in [0, 0.1) is 47.7 Å². The summed E-state index contributed by atoms with van der Waals surface area (Å²) in [6.07, 6.45) is 11.4. The topological polar surface area (TPSA) is 213 Å². The van der Waals surface area contributed by atoms with Gasteiger partial charge in [0, 0.05) is 73.3 Å². The monoisotopic (exact) mass is 1100 g/mol. The van der Waals surface area contributed by atoms with Crippen LogP contribution in [0.3, 0.4) is 0 Å². The maximum Gasteiger partial charge on any atom is 0.319 e. The number of hydrogen-bond donors (Lipinski definition) is 4. The fraction of sp³-hybridized carbons (Fsp3) is 0.475. The molecule has 4 N–H and O–H groups in total. The van der Waals surface area contributed by atoms with E-state index in [4.69, 9.17) is 21.1 Å². The number of ether oxygens (including phenoxy) is 1. The summed E-state index contributed by atoms with van der Waals surface area (Å²) in [7, 11) is 0. The molecule has 80 heavy (non-hydrogen) atoms. The number of carbonyl (C=O) groups is 3. The Morgan fingerprint density at radius 1 is 1.05 bits per heavy atom. The van der Waals surface area contributed by atoms with Gasteiger partial charge in [0.2, 0.25) is 17.7 Å². The van der Waals surface area contributed by atoms with Gasteiger partial charge in [0.25, 0.3) is 0 Å². The summed E-state index contributed by atoms with van der Waals surface area (Å²) < 4.78 is 23.8. The molecule has 5 saturated heterocycles. The third-order valence-corrected chi connectivity index (χ3v) is 18.0. The van der Waals surface area contributed by atoms with Crippen LogP contribution in [0.25, 0.3) is 43.4 Å². The third-order valence-electron chi connectivity index (χ3n) is 17.1. The number of benzene rings is 3. The maximum absolute atomic E-state index is 17.3. The lowest BCUT2D eigenvalue weighted by Gasteiger charge is -2.43. The number of carbonyl (C=O) groups excluding carboxylic acids is 3. The zero-order valence-electron chi connectivity index (χ0n) is 45.9. The van der Waals surface area contributed by atoms with Crippen LogP contribution in [-0.2, 0) is 14.4 Å². The number of β-amino-alcohol motifs (C(OH)–C–C–N with tert-alkyl or cyclic N) is 1. The number of halogens is 1. The average Bonchev–Trinajstić information content (AvgIpc) is 4.34. The fourth-order valence-electron chi connectivity index (χ4n) is 13.1. The van der Waals surface area contributed by atoms with Gasteiger partial charge in [-0.1, -0.05) is 63.1 Å². The number of fused-ring (bicyclic) bond motifs is 4. The Morgan fingerprint density at radius 3 is 2.54 bits per heavy atom. The highest BCUT2D eigenvalue weighted by Gasteiger charge is 2.50. The molecule has 19 heteroatoms. The van der Waals surface area contributed by atoms with Gasteiger partial charge in [-0.15, -0.1) is 17.8 Å². The first kappa shape index (κ1) is 54.7. The lowest BCUT2D eigenvalue weighted by atomic mass is 9.83. The Hall–Kier alpha value is -7.29. The number of aryl methyl sites for hydroxylation is 1. The van der Waals surface area contributed by atoms with E-state index in [1.54, 1.807) is 46.7 Å². The minimum Gasteiger partial charge on any atom is -0.508 e. The Kier molecular flexibility index (Phi) is 15.3. The van der Waals surface area contributed by atoms with Gasteiger partial charge >= 0.3 is 6.01 Å². The molecule has 0 saturated carbocycles. The molecule has 2 bridgehead atoms. The van der Waals surface area contributed by atoms with E-state index in [1.807, 2.05) is 64.4 Å². The van der Waals surface area contributed by atoms with Crippen LogP contribution >= 0.6 is 11.3 Å². The molecule has 2 unspecified atom stereocenters. The molecule has 3 aromatic carbocycles. The van der Waals surface area contributed by atoms with Gasteiger partial charge in [-0.3, -0.25) is 24.3 Å². The molecule has 0 radical (unpaired) electrons. The normalized spacial score (nSPS) is 23.9. The third kappa shape index (κ3) is 10.6. The number of likely N-dealkylation sites (tertiary alicyclic amines) is 3. The molecule has 17 nitrogen and oxygen atoms in total. The average molecular weight is 1100 g/mol. The highest BCUT2D eigenvalue weighted by Crippen LogP contribution is 2.41. The van der Waals surface area contributed by atoms with Gasteiger partial charge in [-0.25, -0.2) is 9.37 Å². The number of amides is 3. The molecule has 5 aliphatic heterocycles. The molecule has 5 fully saturated rings. The summed E-state index contributed by atoms with van der Waals surface area (Å²) in [5.74, 6) is 1.20. The number of nitriles is 1. The summed E-state index contributed by atoms with van der Waals surface area (Å²) in [6, 6.07) is 16.5. The first-order chi connectivity index (χ1) is 38.5. The van der Waals surface area contributed by atoms with Crippen molar-refractivity contribution in [3.05, 3.63) is 88.9 Å². The molecule has 3 amide bonds. The highest BCUT2D eigenvalue weighted by atomic mass is 32.1. The SMILES string of the molecule is C#Cc1cccc2cc(O)cc(-c3ncc4c(N5CC6CCC(C5)N6)nc(OC[C@@H]5[C@@H](C#N)CCN5CCC[C@H]5CCC(=O)N5[C@H](C(=O)N5C[C@H](O)C[C@H]5C(=O)N[C@@H](C)c5ccc(-c6scnc6C)cc5)C(C)(C)C)nc4c3F)c12. The number of aromatic hydroxyl groups is 1. The van der Waals surface area contributed by atoms with E-state index in [9.17, 15) is 29.9 Å². The number of nitrogens with one attached hydrogen (secondary N) is 2. The molecular formula is C61H68FN11O6S. The van der Waals surface area contributed by atoms with Crippen LogP contribution < -0.4 is 20.3 Å². The second kappa shape index (κ2) is 22.3. The lowest BCUT2D eigenvalue weighted by molar-refractivity contribution is -0.152. The van der Waals surface area contributed by atoms with Gasteiger partial charge in [0.1, 0.15) is 41.5 Å². The largest absolute Gasteiger partial charge is 0.508 e. The number of aliphatic hydroxyl groups is 1. The van der Waals surface area contributed by atoms with Gasteiger partial charge in [-0.2, -0.15) is 15.2 Å². The smallest absolute Gasteiger partial charge is 0.319 e. The van der Waals surface area contributed by atoms with Gasteiger partial charge in [0.05, 0.1) is 51.6 Å². The Bertz CT molecular complexity index is 3430. The Balaban J connectivity index is 0.791. The van der Waals surface area contributed by atoms with E-state index in [1.165, 1.54) is 11.0 Å². The van der Waals surface area contributed by atoms with Crippen molar-refractivity contribution in [3.63, 3.8) is 0 Å². The summed E-state index contributed by atoms with van der Waals surface area (Å²) in [5, 5.41) is 40.6. The zero-order valence-corrected chi connectivity index (χ0v) is 46.7. The first-order valence-corrected chi connectivity index (χ1v) is 28.8. The first-order valence-electron chi connectivity index (χ1n) is 27.9. The second-order valence-electron chi connectivity index (χ2n) is 23.5. The summed E-state index contributed by atoms with van der Waals surface area (Å²) in [5.41, 5.74) is 4.82. The molecule has 11 rings (SSSR count). The highest BCUT2D eigenvalue weighted by molar-refractivity contribution is 7.13. The van der Waals surface area contributed by atoms with Crippen molar-refractivity contribution in [1.82, 2.24) is 45.3 Å². The van der Waals surface area contributed by atoms with Crippen LogP contribution in [0.5, 0.6) is 11.8 Å². The zero-order chi connectivity index (χ0) is 56.1. The Morgan fingerprint density at radius 2 is 1.82 bits per heavy atom. The number of anilines is 1. The molecule has 6 aromatic rings. The quantitative estimate of drug-likeness (QED) is 0.0728. The van der Waals surface area contributed by atoms with Crippen molar-refractivity contribution in [3.8, 4) is 51.9 Å². The van der Waals surface area contributed by atoms with E-state index in [-0.39, 0.29) is 103 Å². The van der Waals surface area contributed by atoms with Crippen molar-refractivity contribution in [2.75, 3.05) is 44.2 Å². The number of terminal acetylenes is 1. The van der Waals surface area contributed by atoms with Crippen LogP contribution in [0.4, 0.5) is 10.2 Å². The van der Waals surface area contributed by atoms with E-state index in [0.717, 1.165) is 34.5 Å². The molecule has 416 valence electrons. The Labute approximate surface area is 469 Å². The van der Waals surface area contributed by atoms with Gasteiger partial charge in [-0.05, 0) is 106 Å². The predicted octanol–water partition coefficient (Wildman–Crippen LogP) is 7.66. The fourth-order valence-corrected chi connectivity index (χ4v) is 13.9. The van der Waals surface area contributed by atoms with Crippen LogP contribution in [0.1, 0.15) is 102 Å². The van der Waals surface area contributed by atoms with Crippen molar-refractivity contribution in [1.29, 1.82) is 5.26 Å². The van der Waals surface area contributed by atoms with E-state index < -0.39 is 29.4 Å². The second-order valence-corrected chi connectivity index (χ2v) is 24.3. The number of pyridine rings is 1. The van der Waals surface area contributed by atoms with Crippen molar-refractivity contribution in [2.45, 2.75) is 134 Å². The van der Waals surface area contributed by atoms with Crippen molar-refractivity contribution >= 4 is 56.6 Å². The molecule has 0 aliphatic carbocycles. The summed E-state index contributed by atoms with van der Waals surface area (Å²) in [4.78, 5) is 70.4. The van der Waals surface area contributed by atoms with Gasteiger partial charge < -0.3 is 40.3 Å². The lowest BCUT2D eigenvalue weighted by Crippen LogP contribution is -2.59. The van der Waals surface area contributed by atoms with Crippen LogP contribution in [0.2, 0.25) is 0 Å². The number of nitrogens with zero attached hydrogens (tertiary/aromatic N) is 9. The molecule has 8 heterocycles. The molecule has 3 aromatic heterocycles. The van der Waals surface area contributed by atoms with Crippen molar-refractivity contribution in [2.24, 2.45) is 11.3 Å². The van der Waals surface area contributed by atoms with Crippen LogP contribution in [0.15, 0.2) is 66.3 Å². The van der Waals surface area contributed by atoms with E-state index >= 15 is 4.39 Å². The van der Waals surface area contributed by atoms with E-state index in [0.29, 0.717) is 85.0 Å².